The van der Waals surface area contributed by atoms with E-state index in [0.29, 0.717) is 12.4 Å². The van der Waals surface area contributed by atoms with E-state index in [2.05, 4.69) is 10.1 Å². The fourth-order valence-corrected chi connectivity index (χ4v) is 2.08. The zero-order valence-corrected chi connectivity index (χ0v) is 9.04. The maximum absolute atomic E-state index is 12.8. The van der Waals surface area contributed by atoms with E-state index < -0.39 is 0 Å². The van der Waals surface area contributed by atoms with Gasteiger partial charge in [0.1, 0.15) is 5.82 Å². The summed E-state index contributed by atoms with van der Waals surface area (Å²) >= 11 is 0. The van der Waals surface area contributed by atoms with Crippen molar-refractivity contribution in [2.75, 3.05) is 6.61 Å². The van der Waals surface area contributed by atoms with Crippen LogP contribution in [0.1, 0.15) is 29.8 Å². The summed E-state index contributed by atoms with van der Waals surface area (Å²) in [6, 6.07) is 6.39. The Labute approximate surface area is 97.4 Å². The van der Waals surface area contributed by atoms with Gasteiger partial charge in [-0.3, -0.25) is 0 Å². The number of rotatable bonds is 2. The van der Waals surface area contributed by atoms with Crippen LogP contribution in [-0.4, -0.2) is 16.7 Å². The molecule has 4 nitrogen and oxygen atoms in total. The second kappa shape index (κ2) is 4.25. The van der Waals surface area contributed by atoms with E-state index in [9.17, 15) is 4.39 Å². The molecule has 5 heteroatoms. The molecule has 0 bridgehead atoms. The van der Waals surface area contributed by atoms with E-state index in [1.54, 1.807) is 12.1 Å². The quantitative estimate of drug-likeness (QED) is 0.800. The number of aromatic nitrogens is 2. The summed E-state index contributed by atoms with van der Waals surface area (Å²) in [6.07, 6.45) is 2.10. The average Bonchev–Trinajstić information content (AvgIpc) is 3.00. The molecule has 17 heavy (non-hydrogen) atoms. The van der Waals surface area contributed by atoms with Gasteiger partial charge in [-0.2, -0.15) is 4.98 Å². The fraction of sp³-hybridized carbons (Fsp3) is 0.333. The molecule has 2 atom stereocenters. The van der Waals surface area contributed by atoms with Crippen LogP contribution in [0.25, 0.3) is 0 Å². The highest BCUT2D eigenvalue weighted by Crippen LogP contribution is 2.36. The molecule has 1 aliphatic rings. The summed E-state index contributed by atoms with van der Waals surface area (Å²) in [4.78, 5) is 4.02. The van der Waals surface area contributed by atoms with Crippen LogP contribution in [0, 0.1) is 5.82 Å². The minimum atomic E-state index is -0.235. The lowest BCUT2D eigenvalue weighted by Crippen LogP contribution is -1.99. The minimum Gasteiger partial charge on any atom is -0.373 e. The normalized spacial score (nSPS) is 24.1. The van der Waals surface area contributed by atoms with Gasteiger partial charge < -0.3 is 9.26 Å². The van der Waals surface area contributed by atoms with Crippen LogP contribution < -0.4 is 0 Å². The van der Waals surface area contributed by atoms with Crippen LogP contribution in [0.15, 0.2) is 35.2 Å². The Hall–Kier alpha value is -1.75. The van der Waals surface area contributed by atoms with Gasteiger partial charge in [0, 0.05) is 5.92 Å². The highest BCUT2D eigenvalue weighted by molar-refractivity contribution is 5.20. The van der Waals surface area contributed by atoms with Gasteiger partial charge in [-0.15, -0.1) is 0 Å². The maximum atomic E-state index is 12.8. The first-order chi connectivity index (χ1) is 8.33. The predicted octanol–water partition coefficient (Wildman–Crippen LogP) is 2.45. The number of hydrogen-bond acceptors (Lipinski definition) is 4. The van der Waals surface area contributed by atoms with E-state index in [0.717, 1.165) is 12.0 Å². The minimum absolute atomic E-state index is 0.0147. The van der Waals surface area contributed by atoms with Gasteiger partial charge in [0.25, 0.3) is 0 Å². The molecule has 1 aromatic heterocycles. The molecule has 0 spiro atoms. The Balaban J connectivity index is 1.74. The molecular formula is C12H11FN2O2. The first-order valence-corrected chi connectivity index (χ1v) is 5.46. The first-order valence-electron chi connectivity index (χ1n) is 5.46. The summed E-state index contributed by atoms with van der Waals surface area (Å²) < 4.78 is 23.2. The van der Waals surface area contributed by atoms with E-state index in [1.807, 2.05) is 0 Å². The Kier molecular flexibility index (Phi) is 2.60. The summed E-state index contributed by atoms with van der Waals surface area (Å²) in [5, 5.41) is 3.81. The van der Waals surface area contributed by atoms with Gasteiger partial charge in [-0.05, 0) is 24.1 Å². The van der Waals surface area contributed by atoms with Gasteiger partial charge in [0.2, 0.25) is 6.39 Å². The van der Waals surface area contributed by atoms with E-state index >= 15 is 0 Å². The monoisotopic (exact) mass is 234 g/mol. The lowest BCUT2D eigenvalue weighted by molar-refractivity contribution is 0.110. The van der Waals surface area contributed by atoms with Crippen molar-refractivity contribution in [2.45, 2.75) is 18.4 Å². The Morgan fingerprint density at radius 1 is 1.24 bits per heavy atom. The molecule has 0 amide bonds. The third-order valence-corrected chi connectivity index (χ3v) is 2.98. The molecular weight excluding hydrogens is 223 g/mol. The van der Waals surface area contributed by atoms with Crippen LogP contribution in [0.3, 0.4) is 0 Å². The van der Waals surface area contributed by atoms with Crippen molar-refractivity contribution in [3.63, 3.8) is 0 Å². The summed E-state index contributed by atoms with van der Waals surface area (Å²) in [5.41, 5.74) is 0.984. The molecule has 1 aliphatic heterocycles. The largest absolute Gasteiger partial charge is 0.373 e. The standard InChI is InChI=1S/C12H11FN2O2/c13-10-3-1-8(2-4-10)11-5-9(6-16-11)12-14-7-17-15-12/h1-4,7,9,11H,5-6H2/t9-,11+/m0/s1. The van der Waals surface area contributed by atoms with Crippen molar-refractivity contribution in [3.8, 4) is 0 Å². The molecule has 0 saturated carbocycles. The van der Waals surface area contributed by atoms with Gasteiger partial charge in [0.05, 0.1) is 12.7 Å². The molecule has 1 fully saturated rings. The molecule has 0 radical (unpaired) electrons. The molecule has 3 rings (SSSR count). The molecule has 1 saturated heterocycles. The van der Waals surface area contributed by atoms with Crippen molar-refractivity contribution >= 4 is 0 Å². The highest BCUT2D eigenvalue weighted by Gasteiger charge is 2.30. The number of ether oxygens (including phenoxy) is 1. The van der Waals surface area contributed by atoms with Crippen LogP contribution in [-0.2, 0) is 4.74 Å². The Morgan fingerprint density at radius 3 is 2.76 bits per heavy atom. The number of nitrogens with zero attached hydrogens (tertiary/aromatic N) is 2. The van der Waals surface area contributed by atoms with E-state index in [1.165, 1.54) is 18.5 Å². The lowest BCUT2D eigenvalue weighted by atomic mass is 10.0. The summed E-state index contributed by atoms with van der Waals surface area (Å²) in [7, 11) is 0. The van der Waals surface area contributed by atoms with Crippen LogP contribution >= 0.6 is 0 Å². The van der Waals surface area contributed by atoms with Crippen LogP contribution in [0.4, 0.5) is 4.39 Å². The molecule has 88 valence electrons. The van der Waals surface area contributed by atoms with Crippen molar-refractivity contribution in [3.05, 3.63) is 47.9 Å². The Bertz CT molecular complexity index is 484. The highest BCUT2D eigenvalue weighted by atomic mass is 19.1. The van der Waals surface area contributed by atoms with Gasteiger partial charge >= 0.3 is 0 Å². The van der Waals surface area contributed by atoms with Gasteiger partial charge in [-0.25, -0.2) is 4.39 Å². The third kappa shape index (κ3) is 2.06. The average molecular weight is 234 g/mol. The maximum Gasteiger partial charge on any atom is 0.213 e. The fourth-order valence-electron chi connectivity index (χ4n) is 2.08. The topological polar surface area (TPSA) is 48.2 Å². The summed E-state index contributed by atoms with van der Waals surface area (Å²) in [6.45, 7) is 0.571. The van der Waals surface area contributed by atoms with Crippen LogP contribution in [0.2, 0.25) is 0 Å². The van der Waals surface area contributed by atoms with Crippen molar-refractivity contribution in [1.29, 1.82) is 0 Å². The smallest absolute Gasteiger partial charge is 0.213 e. The second-order valence-corrected chi connectivity index (χ2v) is 4.10. The van der Waals surface area contributed by atoms with Gasteiger partial charge in [0.15, 0.2) is 5.82 Å². The molecule has 1 aromatic carbocycles. The van der Waals surface area contributed by atoms with E-state index in [4.69, 9.17) is 9.26 Å². The lowest BCUT2D eigenvalue weighted by Gasteiger charge is -2.08. The zero-order chi connectivity index (χ0) is 11.7. The number of halogens is 1. The third-order valence-electron chi connectivity index (χ3n) is 2.98. The number of benzene rings is 1. The van der Waals surface area contributed by atoms with Crippen molar-refractivity contribution in [1.82, 2.24) is 10.1 Å². The van der Waals surface area contributed by atoms with E-state index in [-0.39, 0.29) is 17.8 Å². The molecule has 0 aliphatic carbocycles. The zero-order valence-electron chi connectivity index (χ0n) is 9.04. The molecule has 0 N–H and O–H groups in total. The number of hydrogen-bond donors (Lipinski definition) is 0. The molecule has 2 heterocycles. The molecule has 0 unspecified atom stereocenters. The van der Waals surface area contributed by atoms with Gasteiger partial charge in [-0.1, -0.05) is 17.3 Å². The first kappa shape index (κ1) is 10.4. The molecule has 2 aromatic rings. The van der Waals surface area contributed by atoms with Crippen molar-refractivity contribution < 1.29 is 13.7 Å². The predicted molar refractivity (Wildman–Crippen MR) is 56.7 cm³/mol. The van der Waals surface area contributed by atoms with Crippen molar-refractivity contribution in [2.24, 2.45) is 0 Å². The SMILES string of the molecule is Fc1ccc([C@H]2C[C@H](c3ncon3)CO2)cc1. The summed E-state index contributed by atoms with van der Waals surface area (Å²) in [5.74, 6) is 0.597. The van der Waals surface area contributed by atoms with Crippen LogP contribution in [0.5, 0.6) is 0 Å². The second-order valence-electron chi connectivity index (χ2n) is 4.10. The Morgan fingerprint density at radius 2 is 2.06 bits per heavy atom.